The van der Waals surface area contributed by atoms with Crippen molar-refractivity contribution in [2.75, 3.05) is 5.32 Å². The third-order valence-corrected chi connectivity index (χ3v) is 2.99. The van der Waals surface area contributed by atoms with Gasteiger partial charge in [0.15, 0.2) is 5.11 Å². The molecule has 0 unspecified atom stereocenters. The molecule has 0 heterocycles. The highest BCUT2D eigenvalue weighted by Crippen LogP contribution is 2.08. The van der Waals surface area contributed by atoms with E-state index < -0.39 is 0 Å². The number of anilines is 1. The van der Waals surface area contributed by atoms with Gasteiger partial charge in [0.05, 0.1) is 0 Å². The Morgan fingerprint density at radius 1 is 1.05 bits per heavy atom. The number of amides is 1. The summed E-state index contributed by atoms with van der Waals surface area (Å²) in [6.07, 6.45) is 0. The van der Waals surface area contributed by atoms with Crippen LogP contribution in [-0.2, 0) is 0 Å². The van der Waals surface area contributed by atoms with E-state index in [2.05, 4.69) is 16.2 Å². The molecule has 4 nitrogen and oxygen atoms in total. The number of aryl methyl sites for hydroxylation is 1. The molecule has 0 aliphatic carbocycles. The van der Waals surface area contributed by atoms with Crippen molar-refractivity contribution in [2.45, 2.75) is 6.92 Å². The molecule has 0 saturated carbocycles. The zero-order chi connectivity index (χ0) is 15.2. The molecule has 0 fully saturated rings. The van der Waals surface area contributed by atoms with E-state index >= 15 is 0 Å². The first-order chi connectivity index (χ1) is 10.1. The molecule has 2 aromatic carbocycles. The monoisotopic (exact) mass is 303 g/mol. The van der Waals surface area contributed by atoms with Crippen LogP contribution in [0.5, 0.6) is 0 Å². The number of nitrogens with one attached hydrogen (secondary N) is 3. The summed E-state index contributed by atoms with van der Waals surface area (Å²) in [7, 11) is 0. The van der Waals surface area contributed by atoms with Crippen molar-refractivity contribution >= 4 is 28.9 Å². The van der Waals surface area contributed by atoms with Crippen molar-refractivity contribution in [2.24, 2.45) is 0 Å². The SMILES string of the molecule is Cc1ccccc1C(=O)NNC(=S)Nc1ccc(F)cc1. The number of halogens is 1. The van der Waals surface area contributed by atoms with Crippen LogP contribution in [0.3, 0.4) is 0 Å². The summed E-state index contributed by atoms with van der Waals surface area (Å²) >= 11 is 5.04. The molecular formula is C15H14FN3OS. The average Bonchev–Trinajstić information content (AvgIpc) is 2.48. The average molecular weight is 303 g/mol. The number of hydrogen-bond acceptors (Lipinski definition) is 2. The number of hydrogen-bond donors (Lipinski definition) is 3. The van der Waals surface area contributed by atoms with Gasteiger partial charge in [0.2, 0.25) is 0 Å². The normalized spacial score (nSPS) is 9.81. The maximum absolute atomic E-state index is 12.8. The maximum Gasteiger partial charge on any atom is 0.269 e. The first-order valence-corrected chi connectivity index (χ1v) is 6.65. The fraction of sp³-hybridized carbons (Fsp3) is 0.0667. The molecule has 2 aromatic rings. The molecule has 6 heteroatoms. The number of thiocarbonyl (C=S) groups is 1. The summed E-state index contributed by atoms with van der Waals surface area (Å²) in [6, 6.07) is 13.0. The lowest BCUT2D eigenvalue weighted by molar-refractivity contribution is 0.0943. The zero-order valence-corrected chi connectivity index (χ0v) is 12.1. The van der Waals surface area contributed by atoms with E-state index in [9.17, 15) is 9.18 Å². The minimum Gasteiger partial charge on any atom is -0.331 e. The second-order valence-electron chi connectivity index (χ2n) is 4.36. The minimum absolute atomic E-state index is 0.212. The Labute approximate surface area is 127 Å². The summed E-state index contributed by atoms with van der Waals surface area (Å²) in [5, 5.41) is 3.04. The molecule has 0 bridgehead atoms. The second-order valence-corrected chi connectivity index (χ2v) is 4.76. The van der Waals surface area contributed by atoms with E-state index in [-0.39, 0.29) is 16.8 Å². The van der Waals surface area contributed by atoms with Gasteiger partial charge in [-0.3, -0.25) is 15.6 Å². The predicted octanol–water partition coefficient (Wildman–Crippen LogP) is 2.77. The highest BCUT2D eigenvalue weighted by Gasteiger charge is 2.08. The van der Waals surface area contributed by atoms with E-state index in [1.54, 1.807) is 24.3 Å². The zero-order valence-electron chi connectivity index (χ0n) is 11.3. The molecule has 21 heavy (non-hydrogen) atoms. The largest absolute Gasteiger partial charge is 0.331 e. The standard InChI is InChI=1S/C15H14FN3OS/c1-10-4-2-3-5-13(10)14(20)18-19-15(21)17-12-8-6-11(16)7-9-12/h2-9H,1H3,(H,18,20)(H2,17,19,21). The number of hydrazine groups is 1. The highest BCUT2D eigenvalue weighted by molar-refractivity contribution is 7.80. The molecule has 0 aliphatic heterocycles. The van der Waals surface area contributed by atoms with Gasteiger partial charge < -0.3 is 5.32 Å². The van der Waals surface area contributed by atoms with Gasteiger partial charge in [-0.15, -0.1) is 0 Å². The van der Waals surface area contributed by atoms with E-state index in [1.165, 1.54) is 12.1 Å². The summed E-state index contributed by atoms with van der Waals surface area (Å²) in [5.74, 6) is -0.608. The molecule has 0 radical (unpaired) electrons. The third kappa shape index (κ3) is 4.25. The maximum atomic E-state index is 12.8. The molecule has 2 rings (SSSR count). The third-order valence-electron chi connectivity index (χ3n) is 2.78. The first-order valence-electron chi connectivity index (χ1n) is 6.25. The molecule has 0 saturated heterocycles. The van der Waals surface area contributed by atoms with E-state index in [1.807, 2.05) is 19.1 Å². The van der Waals surface area contributed by atoms with Crippen molar-refractivity contribution < 1.29 is 9.18 Å². The minimum atomic E-state index is -0.327. The van der Waals surface area contributed by atoms with Crippen LogP contribution in [0, 0.1) is 12.7 Å². The van der Waals surface area contributed by atoms with Crippen LogP contribution in [0.1, 0.15) is 15.9 Å². The summed E-state index contributed by atoms with van der Waals surface area (Å²) < 4.78 is 12.8. The number of carbonyl (C=O) groups excluding carboxylic acids is 1. The fourth-order valence-electron chi connectivity index (χ4n) is 1.70. The number of carbonyl (C=O) groups is 1. The number of rotatable bonds is 2. The Morgan fingerprint density at radius 2 is 1.71 bits per heavy atom. The van der Waals surface area contributed by atoms with Gasteiger partial charge in [0, 0.05) is 11.3 Å². The first kappa shape index (κ1) is 14.9. The van der Waals surface area contributed by atoms with Gasteiger partial charge >= 0.3 is 0 Å². The Hall–Kier alpha value is -2.47. The Morgan fingerprint density at radius 3 is 2.38 bits per heavy atom. The van der Waals surface area contributed by atoms with Gasteiger partial charge in [-0.1, -0.05) is 18.2 Å². The number of benzene rings is 2. The summed E-state index contributed by atoms with van der Waals surface area (Å²) in [6.45, 7) is 1.85. The van der Waals surface area contributed by atoms with Crippen molar-refractivity contribution in [3.8, 4) is 0 Å². The summed E-state index contributed by atoms with van der Waals surface area (Å²) in [4.78, 5) is 12.0. The highest BCUT2D eigenvalue weighted by atomic mass is 32.1. The molecule has 0 spiro atoms. The van der Waals surface area contributed by atoms with Crippen LogP contribution in [0.15, 0.2) is 48.5 Å². The molecular weight excluding hydrogens is 289 g/mol. The summed E-state index contributed by atoms with van der Waals surface area (Å²) in [5.41, 5.74) is 7.16. The molecule has 108 valence electrons. The van der Waals surface area contributed by atoms with Gasteiger partial charge in [0.1, 0.15) is 5.82 Å². The Kier molecular flexibility index (Phi) is 4.84. The van der Waals surface area contributed by atoms with Crippen molar-refractivity contribution in [3.63, 3.8) is 0 Å². The van der Waals surface area contributed by atoms with Gasteiger partial charge in [-0.05, 0) is 55.0 Å². The van der Waals surface area contributed by atoms with Crippen molar-refractivity contribution in [1.82, 2.24) is 10.9 Å². The van der Waals surface area contributed by atoms with Gasteiger partial charge in [-0.2, -0.15) is 0 Å². The van der Waals surface area contributed by atoms with Gasteiger partial charge in [-0.25, -0.2) is 4.39 Å². The van der Waals surface area contributed by atoms with Crippen molar-refractivity contribution in [3.05, 3.63) is 65.5 Å². The predicted molar refractivity (Wildman–Crippen MR) is 84.4 cm³/mol. The van der Waals surface area contributed by atoms with Crippen molar-refractivity contribution in [1.29, 1.82) is 0 Å². The van der Waals surface area contributed by atoms with Gasteiger partial charge in [0.25, 0.3) is 5.91 Å². The smallest absolute Gasteiger partial charge is 0.269 e. The van der Waals surface area contributed by atoms with Crippen LogP contribution in [0.2, 0.25) is 0 Å². The molecule has 0 aliphatic rings. The van der Waals surface area contributed by atoms with Crippen LogP contribution in [0.4, 0.5) is 10.1 Å². The van der Waals surface area contributed by atoms with E-state index in [0.29, 0.717) is 11.3 Å². The molecule has 0 aromatic heterocycles. The molecule has 1 amide bonds. The lowest BCUT2D eigenvalue weighted by Gasteiger charge is -2.12. The fourth-order valence-corrected chi connectivity index (χ4v) is 1.87. The lowest BCUT2D eigenvalue weighted by Crippen LogP contribution is -2.43. The quantitative estimate of drug-likeness (QED) is 0.590. The Balaban J connectivity index is 1.88. The van der Waals surface area contributed by atoms with Crippen LogP contribution in [-0.4, -0.2) is 11.0 Å². The van der Waals surface area contributed by atoms with Crippen LogP contribution < -0.4 is 16.2 Å². The Bertz CT molecular complexity index is 658. The second kappa shape index (κ2) is 6.81. The van der Waals surface area contributed by atoms with E-state index in [0.717, 1.165) is 5.56 Å². The van der Waals surface area contributed by atoms with Crippen LogP contribution in [0.25, 0.3) is 0 Å². The lowest BCUT2D eigenvalue weighted by atomic mass is 10.1. The topological polar surface area (TPSA) is 53.2 Å². The molecule has 0 atom stereocenters. The van der Waals surface area contributed by atoms with E-state index in [4.69, 9.17) is 12.2 Å². The molecule has 3 N–H and O–H groups in total. The van der Waals surface area contributed by atoms with Crippen LogP contribution >= 0.6 is 12.2 Å².